The molecule has 2 aromatic rings. The summed E-state index contributed by atoms with van der Waals surface area (Å²) in [4.78, 5) is 30.5. The first-order valence-electron chi connectivity index (χ1n) is 9.15. The van der Waals surface area contributed by atoms with Gasteiger partial charge >= 0.3 is 0 Å². The minimum atomic E-state index is -0.769. The highest BCUT2D eigenvalue weighted by molar-refractivity contribution is 7.85. The van der Waals surface area contributed by atoms with Crippen molar-refractivity contribution in [3.63, 3.8) is 0 Å². The molecular weight excluding hydrogens is 387 g/mol. The molecule has 150 valence electrons. The summed E-state index contributed by atoms with van der Waals surface area (Å²) in [6.07, 6.45) is 0. The quantitative estimate of drug-likeness (QED) is 0.731. The molecule has 1 aromatic carbocycles. The first-order valence-corrected chi connectivity index (χ1v) is 10.6. The Morgan fingerprint density at radius 3 is 2.29 bits per heavy atom. The van der Waals surface area contributed by atoms with E-state index in [1.54, 1.807) is 9.80 Å². The number of benzene rings is 1. The summed E-state index contributed by atoms with van der Waals surface area (Å²) >= 11 is 0. The summed E-state index contributed by atoms with van der Waals surface area (Å²) < 4.78 is 25.7. The maximum atomic E-state index is 14.3. The molecule has 2 amide bonds. The normalized spacial score (nSPS) is 19.3. The molecule has 1 aromatic heterocycles. The molecule has 0 atom stereocenters. The van der Waals surface area contributed by atoms with Crippen molar-refractivity contribution >= 4 is 33.6 Å². The Morgan fingerprint density at radius 2 is 1.61 bits per heavy atom. The van der Waals surface area contributed by atoms with E-state index in [2.05, 4.69) is 15.4 Å². The van der Waals surface area contributed by atoms with Crippen LogP contribution in [0.1, 0.15) is 10.4 Å². The van der Waals surface area contributed by atoms with Gasteiger partial charge < -0.3 is 9.80 Å². The van der Waals surface area contributed by atoms with E-state index < -0.39 is 22.5 Å². The van der Waals surface area contributed by atoms with Crippen LogP contribution in [0.15, 0.2) is 12.1 Å². The Bertz CT molecular complexity index is 917. The summed E-state index contributed by atoms with van der Waals surface area (Å²) in [6, 6.07) is 2.59. The zero-order valence-electron chi connectivity index (χ0n) is 15.3. The number of nitrogens with zero attached hydrogens (tertiary/aromatic N) is 5. The van der Waals surface area contributed by atoms with E-state index in [9.17, 15) is 18.2 Å². The Morgan fingerprint density at radius 1 is 1.00 bits per heavy atom. The summed E-state index contributed by atoms with van der Waals surface area (Å²) in [5, 5.41) is 10.1. The van der Waals surface area contributed by atoms with Crippen molar-refractivity contribution < 1.29 is 18.2 Å². The lowest BCUT2D eigenvalue weighted by Crippen LogP contribution is -2.53. The number of carbonyl (C=O) groups excluding carboxylic acids is 2. The Kier molecular flexibility index (Phi) is 5.36. The van der Waals surface area contributed by atoms with Crippen LogP contribution in [-0.4, -0.2) is 103 Å². The smallest absolute Gasteiger partial charge is 0.257 e. The zero-order valence-corrected chi connectivity index (χ0v) is 16.1. The maximum Gasteiger partial charge on any atom is 0.257 e. The summed E-state index contributed by atoms with van der Waals surface area (Å²) in [6.45, 7) is 3.18. The van der Waals surface area contributed by atoms with Crippen LogP contribution in [-0.2, 0) is 15.6 Å². The number of nitrogens with one attached hydrogen (secondary N) is 1. The van der Waals surface area contributed by atoms with Crippen LogP contribution in [0.3, 0.4) is 0 Å². The number of amides is 2. The predicted octanol–water partition coefficient (Wildman–Crippen LogP) is -0.554. The highest BCUT2D eigenvalue weighted by Gasteiger charge is 2.28. The monoisotopic (exact) mass is 408 g/mol. The second-order valence-electron chi connectivity index (χ2n) is 6.94. The number of rotatable bonds is 3. The van der Waals surface area contributed by atoms with E-state index in [1.807, 2.05) is 4.90 Å². The standard InChI is InChI=1S/C17H21FN6O3S/c18-13-10-15-14(19-21-20-15)9-12(13)17(26)24-3-1-23(2-4-24)16(25)11-22-5-7-28(27)8-6-22/h9-10H,1-8,11H2,(H,19,20,21). The van der Waals surface area contributed by atoms with E-state index in [0.717, 1.165) is 0 Å². The number of fused-ring (bicyclic) bond motifs is 1. The second-order valence-corrected chi connectivity index (χ2v) is 8.64. The SMILES string of the molecule is O=C(CN1CCS(=O)CC1)N1CCN(C(=O)c2cc3n[nH]nc3cc2F)CC1. The number of hydrogen-bond acceptors (Lipinski definition) is 6. The third kappa shape index (κ3) is 3.90. The van der Waals surface area contributed by atoms with Gasteiger partial charge in [0.25, 0.3) is 5.91 Å². The zero-order chi connectivity index (χ0) is 19.7. The van der Waals surface area contributed by atoms with Crippen molar-refractivity contribution in [2.75, 3.05) is 57.3 Å². The van der Waals surface area contributed by atoms with E-state index in [4.69, 9.17) is 0 Å². The molecule has 2 aliphatic heterocycles. The first-order chi connectivity index (χ1) is 13.5. The van der Waals surface area contributed by atoms with E-state index in [0.29, 0.717) is 68.4 Å². The van der Waals surface area contributed by atoms with Gasteiger partial charge in [0.1, 0.15) is 16.9 Å². The summed E-state index contributed by atoms with van der Waals surface area (Å²) in [5.41, 5.74) is 0.759. The van der Waals surface area contributed by atoms with Crippen molar-refractivity contribution in [2.45, 2.75) is 0 Å². The summed E-state index contributed by atoms with van der Waals surface area (Å²) in [7, 11) is -0.769. The van der Waals surface area contributed by atoms with Gasteiger partial charge in [0, 0.05) is 67.6 Å². The van der Waals surface area contributed by atoms with Gasteiger partial charge in [-0.25, -0.2) is 4.39 Å². The lowest BCUT2D eigenvalue weighted by atomic mass is 10.1. The van der Waals surface area contributed by atoms with Crippen molar-refractivity contribution in [3.05, 3.63) is 23.5 Å². The number of piperazine rings is 1. The molecule has 0 unspecified atom stereocenters. The van der Waals surface area contributed by atoms with Crippen LogP contribution in [0.4, 0.5) is 4.39 Å². The van der Waals surface area contributed by atoms with Crippen LogP contribution in [0.2, 0.25) is 0 Å². The average molecular weight is 408 g/mol. The van der Waals surface area contributed by atoms with Gasteiger partial charge in [0.2, 0.25) is 5.91 Å². The van der Waals surface area contributed by atoms with Gasteiger partial charge in [-0.15, -0.1) is 0 Å². The maximum absolute atomic E-state index is 14.3. The fourth-order valence-electron chi connectivity index (χ4n) is 3.48. The fourth-order valence-corrected chi connectivity index (χ4v) is 4.61. The average Bonchev–Trinajstić information content (AvgIpc) is 3.16. The number of H-pyrrole nitrogens is 1. The molecule has 0 bridgehead atoms. The molecule has 2 fully saturated rings. The van der Waals surface area contributed by atoms with Gasteiger partial charge in [-0.05, 0) is 6.07 Å². The van der Waals surface area contributed by atoms with Crippen LogP contribution < -0.4 is 0 Å². The fraction of sp³-hybridized carbons (Fsp3) is 0.529. The lowest BCUT2D eigenvalue weighted by molar-refractivity contribution is -0.133. The topological polar surface area (TPSA) is 103 Å². The van der Waals surface area contributed by atoms with Gasteiger partial charge in [-0.3, -0.25) is 18.7 Å². The molecule has 9 nitrogen and oxygen atoms in total. The lowest BCUT2D eigenvalue weighted by Gasteiger charge is -2.36. The van der Waals surface area contributed by atoms with Gasteiger partial charge in [0.05, 0.1) is 12.1 Å². The molecule has 0 spiro atoms. The number of halogens is 1. The van der Waals surface area contributed by atoms with Crippen LogP contribution in [0, 0.1) is 5.82 Å². The highest BCUT2D eigenvalue weighted by atomic mass is 32.2. The Hall–Kier alpha value is -2.40. The van der Waals surface area contributed by atoms with Crippen LogP contribution >= 0.6 is 0 Å². The third-order valence-electron chi connectivity index (χ3n) is 5.18. The van der Waals surface area contributed by atoms with Crippen LogP contribution in [0.25, 0.3) is 11.0 Å². The molecule has 1 N–H and O–H groups in total. The molecule has 2 saturated heterocycles. The van der Waals surface area contributed by atoms with E-state index in [1.165, 1.54) is 12.1 Å². The Balaban J connectivity index is 1.34. The molecular formula is C17H21FN6O3S. The second kappa shape index (κ2) is 7.92. The van der Waals surface area contributed by atoms with Crippen molar-refractivity contribution in [1.29, 1.82) is 0 Å². The van der Waals surface area contributed by atoms with E-state index in [-0.39, 0.29) is 11.5 Å². The largest absolute Gasteiger partial charge is 0.338 e. The molecule has 3 heterocycles. The van der Waals surface area contributed by atoms with Gasteiger partial charge in [-0.2, -0.15) is 15.4 Å². The first kappa shape index (κ1) is 18.9. The third-order valence-corrected chi connectivity index (χ3v) is 6.46. The molecule has 28 heavy (non-hydrogen) atoms. The number of aromatic amines is 1. The molecule has 0 radical (unpaired) electrons. The van der Waals surface area contributed by atoms with Crippen LogP contribution in [0.5, 0.6) is 0 Å². The van der Waals surface area contributed by atoms with Crippen molar-refractivity contribution in [2.24, 2.45) is 0 Å². The molecule has 0 aliphatic carbocycles. The number of aromatic nitrogens is 3. The highest BCUT2D eigenvalue weighted by Crippen LogP contribution is 2.18. The Labute approximate surface area is 163 Å². The van der Waals surface area contributed by atoms with Crippen molar-refractivity contribution in [3.8, 4) is 0 Å². The molecule has 4 rings (SSSR count). The summed E-state index contributed by atoms with van der Waals surface area (Å²) in [5.74, 6) is 0.184. The van der Waals surface area contributed by atoms with E-state index >= 15 is 0 Å². The molecule has 2 aliphatic rings. The van der Waals surface area contributed by atoms with Gasteiger partial charge in [-0.1, -0.05) is 0 Å². The number of carbonyl (C=O) groups is 2. The molecule has 11 heteroatoms. The minimum Gasteiger partial charge on any atom is -0.338 e. The van der Waals surface area contributed by atoms with Gasteiger partial charge in [0.15, 0.2) is 0 Å². The van der Waals surface area contributed by atoms with Crippen molar-refractivity contribution in [1.82, 2.24) is 30.1 Å². The number of hydrogen-bond donors (Lipinski definition) is 1. The molecule has 0 saturated carbocycles. The minimum absolute atomic E-state index is 0.00924. The predicted molar refractivity (Wildman–Crippen MR) is 101 cm³/mol.